The molecule has 1 radical (unpaired) electrons. The summed E-state index contributed by atoms with van der Waals surface area (Å²) in [4.78, 5) is 0. The van der Waals surface area contributed by atoms with Crippen LogP contribution in [-0.4, -0.2) is 0 Å². The monoisotopic (exact) mass is 235 g/mol. The first-order chi connectivity index (χ1) is 8.84. The van der Waals surface area contributed by atoms with Gasteiger partial charge in [-0.2, -0.15) is 0 Å². The third-order valence-corrected chi connectivity index (χ3v) is 2.81. The summed E-state index contributed by atoms with van der Waals surface area (Å²) < 4.78 is 5.60. The smallest absolute Gasteiger partial charge is 0.228 e. The molecule has 3 aromatic rings. The van der Waals surface area contributed by atoms with E-state index >= 15 is 0 Å². The minimum Gasteiger partial charge on any atom is -0.453 e. The molecule has 0 aromatic heterocycles. The van der Waals surface area contributed by atoms with E-state index in [9.17, 15) is 5.11 Å². The van der Waals surface area contributed by atoms with E-state index in [-0.39, 0.29) is 5.75 Å². The zero-order valence-electron chi connectivity index (χ0n) is 9.67. The Bertz CT molecular complexity index is 675. The second kappa shape index (κ2) is 4.41. The number of hydrogen-bond donors (Lipinski definition) is 0. The molecule has 0 saturated heterocycles. The van der Waals surface area contributed by atoms with Gasteiger partial charge < -0.3 is 4.74 Å². The summed E-state index contributed by atoms with van der Waals surface area (Å²) >= 11 is 0. The maximum Gasteiger partial charge on any atom is 0.228 e. The standard InChI is InChI=1S/C16H11O2/c17-16-14-9-5-4-6-12(14)10-11-15(16)18-13-7-2-1-3-8-13/h1-11H. The lowest BCUT2D eigenvalue weighted by molar-refractivity contribution is 0.334. The van der Waals surface area contributed by atoms with Crippen LogP contribution in [-0.2, 0) is 5.11 Å². The van der Waals surface area contributed by atoms with Crippen molar-refractivity contribution >= 4 is 10.8 Å². The lowest BCUT2D eigenvalue weighted by atomic mass is 10.1. The predicted molar refractivity (Wildman–Crippen MR) is 70.6 cm³/mol. The molecule has 0 N–H and O–H groups in total. The van der Waals surface area contributed by atoms with Gasteiger partial charge in [-0.3, -0.25) is 5.11 Å². The second-order valence-corrected chi connectivity index (χ2v) is 4.03. The molecule has 0 fully saturated rings. The van der Waals surface area contributed by atoms with Crippen molar-refractivity contribution in [1.82, 2.24) is 0 Å². The summed E-state index contributed by atoms with van der Waals surface area (Å²) in [5, 5.41) is 13.8. The van der Waals surface area contributed by atoms with E-state index in [0.717, 1.165) is 5.39 Å². The summed E-state index contributed by atoms with van der Waals surface area (Å²) in [5.41, 5.74) is 0. The van der Waals surface area contributed by atoms with Gasteiger partial charge in [0, 0.05) is 5.39 Å². The van der Waals surface area contributed by atoms with Gasteiger partial charge in [0.1, 0.15) is 5.75 Å². The predicted octanol–water partition coefficient (Wildman–Crippen LogP) is 4.78. The SMILES string of the molecule is [O]c1c(Oc2ccccc2)ccc2ccccc12. The van der Waals surface area contributed by atoms with Crippen LogP contribution in [0.2, 0.25) is 0 Å². The van der Waals surface area contributed by atoms with Crippen molar-refractivity contribution < 1.29 is 9.84 Å². The molecule has 18 heavy (non-hydrogen) atoms. The summed E-state index contributed by atoms with van der Waals surface area (Å²) in [6, 6.07) is 20.4. The molecule has 3 rings (SSSR count). The molecule has 2 heteroatoms. The Morgan fingerprint density at radius 2 is 1.44 bits per heavy atom. The van der Waals surface area contributed by atoms with Crippen LogP contribution < -0.4 is 4.74 Å². The van der Waals surface area contributed by atoms with Crippen LogP contribution in [0.4, 0.5) is 0 Å². The molecule has 0 amide bonds. The van der Waals surface area contributed by atoms with Gasteiger partial charge in [0.15, 0.2) is 5.75 Å². The van der Waals surface area contributed by atoms with Crippen LogP contribution in [0.1, 0.15) is 0 Å². The molecular weight excluding hydrogens is 224 g/mol. The van der Waals surface area contributed by atoms with Gasteiger partial charge in [-0.15, -0.1) is 0 Å². The number of fused-ring (bicyclic) bond motifs is 1. The number of rotatable bonds is 2. The average Bonchev–Trinajstić information content (AvgIpc) is 2.43. The molecular formula is C16H11O2. The Hall–Kier alpha value is -2.48. The third kappa shape index (κ3) is 1.89. The van der Waals surface area contributed by atoms with E-state index in [4.69, 9.17) is 4.74 Å². The van der Waals surface area contributed by atoms with Crippen molar-refractivity contribution in [2.75, 3.05) is 0 Å². The topological polar surface area (TPSA) is 29.1 Å². The molecule has 0 unspecified atom stereocenters. The molecule has 0 bridgehead atoms. The fraction of sp³-hybridized carbons (Fsp3) is 0. The van der Waals surface area contributed by atoms with Gasteiger partial charge in [0.05, 0.1) is 0 Å². The zero-order valence-corrected chi connectivity index (χ0v) is 9.67. The summed E-state index contributed by atoms with van der Waals surface area (Å²) in [7, 11) is 0. The second-order valence-electron chi connectivity index (χ2n) is 4.03. The van der Waals surface area contributed by atoms with Gasteiger partial charge >= 0.3 is 0 Å². The normalized spacial score (nSPS) is 10.4. The Labute approximate surface area is 105 Å². The largest absolute Gasteiger partial charge is 0.453 e. The van der Waals surface area contributed by atoms with Gasteiger partial charge in [0.25, 0.3) is 0 Å². The van der Waals surface area contributed by atoms with Gasteiger partial charge in [-0.25, -0.2) is 0 Å². The quantitative estimate of drug-likeness (QED) is 0.628. The maximum atomic E-state index is 12.2. The van der Waals surface area contributed by atoms with Crippen LogP contribution in [0.3, 0.4) is 0 Å². The molecule has 0 aliphatic heterocycles. The summed E-state index contributed by atoms with van der Waals surface area (Å²) in [6.45, 7) is 0. The minimum atomic E-state index is -0.0723. The Balaban J connectivity index is 2.05. The van der Waals surface area contributed by atoms with Crippen LogP contribution in [0.5, 0.6) is 17.2 Å². The van der Waals surface area contributed by atoms with E-state index in [1.165, 1.54) is 0 Å². The number of ether oxygens (including phenoxy) is 1. The Morgan fingerprint density at radius 1 is 0.722 bits per heavy atom. The van der Waals surface area contributed by atoms with Crippen LogP contribution in [0, 0.1) is 0 Å². The van der Waals surface area contributed by atoms with E-state index in [1.54, 1.807) is 6.07 Å². The average molecular weight is 235 g/mol. The van der Waals surface area contributed by atoms with Crippen LogP contribution in [0.25, 0.3) is 10.8 Å². The summed E-state index contributed by atoms with van der Waals surface area (Å²) in [6.07, 6.45) is 0. The Morgan fingerprint density at radius 3 is 2.28 bits per heavy atom. The summed E-state index contributed by atoms with van der Waals surface area (Å²) in [5.74, 6) is 0.960. The highest BCUT2D eigenvalue weighted by Crippen LogP contribution is 2.37. The van der Waals surface area contributed by atoms with Crippen molar-refractivity contribution in [1.29, 1.82) is 0 Å². The molecule has 0 aliphatic rings. The maximum absolute atomic E-state index is 12.2. The van der Waals surface area contributed by atoms with Gasteiger partial charge in [-0.1, -0.05) is 48.5 Å². The first-order valence-electron chi connectivity index (χ1n) is 5.76. The van der Waals surface area contributed by atoms with Crippen LogP contribution >= 0.6 is 0 Å². The molecule has 87 valence electrons. The highest BCUT2D eigenvalue weighted by Gasteiger charge is 2.09. The van der Waals surface area contributed by atoms with Gasteiger partial charge in [0.2, 0.25) is 5.75 Å². The highest BCUT2D eigenvalue weighted by molar-refractivity contribution is 5.90. The fourth-order valence-electron chi connectivity index (χ4n) is 1.92. The molecule has 3 aromatic carbocycles. The van der Waals surface area contributed by atoms with Crippen molar-refractivity contribution in [3.8, 4) is 17.2 Å². The van der Waals surface area contributed by atoms with Crippen molar-refractivity contribution in [3.63, 3.8) is 0 Å². The molecule has 0 spiro atoms. The molecule has 2 nitrogen and oxygen atoms in total. The number of hydrogen-bond acceptors (Lipinski definition) is 1. The number of benzene rings is 3. The first-order valence-corrected chi connectivity index (χ1v) is 5.76. The molecule has 0 saturated carbocycles. The number of para-hydroxylation sites is 1. The van der Waals surface area contributed by atoms with Crippen molar-refractivity contribution in [2.24, 2.45) is 0 Å². The van der Waals surface area contributed by atoms with Crippen molar-refractivity contribution in [3.05, 3.63) is 66.7 Å². The third-order valence-electron chi connectivity index (χ3n) is 2.81. The lowest BCUT2D eigenvalue weighted by Crippen LogP contribution is -1.84. The molecule has 0 heterocycles. The van der Waals surface area contributed by atoms with E-state index in [1.807, 2.05) is 60.7 Å². The minimum absolute atomic E-state index is 0.0723. The highest BCUT2D eigenvalue weighted by atomic mass is 16.5. The lowest BCUT2D eigenvalue weighted by Gasteiger charge is -2.07. The van der Waals surface area contributed by atoms with Crippen molar-refractivity contribution in [2.45, 2.75) is 0 Å². The first kappa shape index (κ1) is 10.7. The fourth-order valence-corrected chi connectivity index (χ4v) is 1.92. The van der Waals surface area contributed by atoms with Crippen LogP contribution in [0.15, 0.2) is 66.7 Å². The molecule has 0 atom stereocenters. The van der Waals surface area contributed by atoms with Gasteiger partial charge in [-0.05, 0) is 23.6 Å². The Kier molecular flexibility index (Phi) is 2.61. The van der Waals surface area contributed by atoms with E-state index in [2.05, 4.69) is 0 Å². The van der Waals surface area contributed by atoms with E-state index in [0.29, 0.717) is 16.9 Å². The van der Waals surface area contributed by atoms with E-state index < -0.39 is 0 Å². The zero-order chi connectivity index (χ0) is 12.4. The molecule has 0 aliphatic carbocycles.